The Bertz CT molecular complexity index is 716. The molecule has 0 aromatic heterocycles. The van der Waals surface area contributed by atoms with Gasteiger partial charge in [0, 0.05) is 18.5 Å². The van der Waals surface area contributed by atoms with E-state index in [1.54, 1.807) is 0 Å². The first-order valence-electron chi connectivity index (χ1n) is 8.08. The van der Waals surface area contributed by atoms with Gasteiger partial charge in [-0.2, -0.15) is 0 Å². The average Bonchev–Trinajstić information content (AvgIpc) is 3.08. The molecular formula is C19H22ClN3O2. The molecule has 0 saturated heterocycles. The highest BCUT2D eigenvalue weighted by Crippen LogP contribution is 2.21. The van der Waals surface area contributed by atoms with Gasteiger partial charge in [0.1, 0.15) is 0 Å². The van der Waals surface area contributed by atoms with Crippen LogP contribution in [0.3, 0.4) is 0 Å². The Morgan fingerprint density at radius 1 is 1.28 bits per heavy atom. The van der Waals surface area contributed by atoms with E-state index in [2.05, 4.69) is 46.0 Å². The van der Waals surface area contributed by atoms with Crippen molar-refractivity contribution in [3.8, 4) is 0 Å². The number of guanidine groups is 1. The van der Waals surface area contributed by atoms with E-state index in [1.165, 1.54) is 11.1 Å². The molecule has 25 heavy (non-hydrogen) atoms. The Kier molecular flexibility index (Phi) is 7.29. The average molecular weight is 360 g/mol. The quantitative estimate of drug-likeness (QED) is 0.783. The fraction of sp³-hybridized carbons (Fsp3) is 0.263. The van der Waals surface area contributed by atoms with E-state index < -0.39 is 5.97 Å². The minimum absolute atomic E-state index is 0.149. The Labute approximate surface area is 152 Å². The standard InChI is InChI=1S/C17H18ClN3.C2H4O2/c18-15-8-4-7-14(12-15)16(21-17-19-9-10-20-17)11-13-5-2-1-3-6-13;1-2(3)4/h1-8,12,16H,9-11H2,(H2,19,20,21);1H3,(H,3,4). The number of halogens is 1. The second-order valence-electron chi connectivity index (χ2n) is 5.62. The number of hydrogen-bond donors (Lipinski definition) is 3. The molecule has 1 aliphatic heterocycles. The number of nitrogens with zero attached hydrogens (tertiary/aromatic N) is 1. The van der Waals surface area contributed by atoms with Crippen LogP contribution in [-0.2, 0) is 11.2 Å². The number of rotatable bonds is 4. The highest BCUT2D eigenvalue weighted by Gasteiger charge is 2.16. The maximum Gasteiger partial charge on any atom is 0.300 e. The van der Waals surface area contributed by atoms with Gasteiger partial charge in [0.05, 0.1) is 12.6 Å². The fourth-order valence-corrected chi connectivity index (χ4v) is 2.68. The van der Waals surface area contributed by atoms with Gasteiger partial charge in [0.25, 0.3) is 5.97 Å². The number of aliphatic imine (C=N–C) groups is 1. The summed E-state index contributed by atoms with van der Waals surface area (Å²) in [6, 6.07) is 18.6. The van der Waals surface area contributed by atoms with E-state index in [1.807, 2.05) is 24.3 Å². The van der Waals surface area contributed by atoms with Crippen molar-refractivity contribution in [1.29, 1.82) is 0 Å². The van der Waals surface area contributed by atoms with E-state index in [9.17, 15) is 0 Å². The van der Waals surface area contributed by atoms with Crippen molar-refractivity contribution in [2.75, 3.05) is 13.1 Å². The fourth-order valence-electron chi connectivity index (χ4n) is 2.48. The summed E-state index contributed by atoms with van der Waals surface area (Å²) >= 11 is 6.13. The monoisotopic (exact) mass is 359 g/mol. The van der Waals surface area contributed by atoms with Crippen LogP contribution in [0.2, 0.25) is 5.02 Å². The minimum Gasteiger partial charge on any atom is -0.481 e. The lowest BCUT2D eigenvalue weighted by molar-refractivity contribution is -0.134. The first-order chi connectivity index (χ1) is 12.0. The molecule has 1 heterocycles. The summed E-state index contributed by atoms with van der Waals surface area (Å²) in [5.74, 6) is 0.0379. The Morgan fingerprint density at radius 3 is 2.60 bits per heavy atom. The zero-order valence-corrected chi connectivity index (χ0v) is 14.8. The molecule has 1 aliphatic rings. The minimum atomic E-state index is -0.833. The summed E-state index contributed by atoms with van der Waals surface area (Å²) in [7, 11) is 0. The van der Waals surface area contributed by atoms with Gasteiger partial charge in [-0.1, -0.05) is 54.1 Å². The largest absolute Gasteiger partial charge is 0.481 e. The Hall–Kier alpha value is -2.53. The highest BCUT2D eigenvalue weighted by molar-refractivity contribution is 6.30. The van der Waals surface area contributed by atoms with E-state index in [0.29, 0.717) is 0 Å². The lowest BCUT2D eigenvalue weighted by Crippen LogP contribution is -2.37. The molecule has 0 radical (unpaired) electrons. The molecule has 1 atom stereocenters. The van der Waals surface area contributed by atoms with Gasteiger partial charge >= 0.3 is 0 Å². The predicted octanol–water partition coefficient (Wildman–Crippen LogP) is 3.26. The molecule has 2 aromatic rings. The Balaban J connectivity index is 0.000000511. The van der Waals surface area contributed by atoms with Crippen molar-refractivity contribution in [1.82, 2.24) is 10.6 Å². The van der Waals surface area contributed by atoms with E-state index in [0.717, 1.165) is 37.4 Å². The topological polar surface area (TPSA) is 73.7 Å². The van der Waals surface area contributed by atoms with E-state index >= 15 is 0 Å². The van der Waals surface area contributed by atoms with Crippen LogP contribution in [0.5, 0.6) is 0 Å². The third-order valence-corrected chi connectivity index (χ3v) is 3.75. The maximum absolute atomic E-state index is 9.00. The number of aliphatic carboxylic acids is 1. The van der Waals surface area contributed by atoms with E-state index in [4.69, 9.17) is 21.5 Å². The van der Waals surface area contributed by atoms with Gasteiger partial charge in [-0.15, -0.1) is 0 Å². The van der Waals surface area contributed by atoms with Crippen LogP contribution in [0.15, 0.2) is 59.6 Å². The van der Waals surface area contributed by atoms with Gasteiger partial charge in [-0.05, 0) is 29.7 Å². The van der Waals surface area contributed by atoms with Crippen molar-refractivity contribution >= 4 is 23.5 Å². The number of nitrogens with one attached hydrogen (secondary N) is 2. The number of hydrogen-bond acceptors (Lipinski definition) is 4. The molecule has 2 aromatic carbocycles. The molecule has 0 bridgehead atoms. The number of benzene rings is 2. The summed E-state index contributed by atoms with van der Waals surface area (Å²) in [6.07, 6.45) is 0.891. The summed E-state index contributed by atoms with van der Waals surface area (Å²) in [5.41, 5.74) is 2.45. The lowest BCUT2D eigenvalue weighted by Gasteiger charge is -2.21. The molecule has 0 spiro atoms. The van der Waals surface area contributed by atoms with Crippen LogP contribution in [-0.4, -0.2) is 30.1 Å². The first-order valence-corrected chi connectivity index (χ1v) is 8.46. The third kappa shape index (κ3) is 6.85. The lowest BCUT2D eigenvalue weighted by atomic mass is 9.99. The molecule has 6 heteroatoms. The molecule has 0 fully saturated rings. The van der Waals surface area contributed by atoms with Gasteiger partial charge in [-0.25, -0.2) is 0 Å². The molecule has 0 aliphatic carbocycles. The van der Waals surface area contributed by atoms with Gasteiger partial charge in [0.15, 0.2) is 5.96 Å². The van der Waals surface area contributed by atoms with Crippen LogP contribution >= 0.6 is 11.6 Å². The van der Waals surface area contributed by atoms with Gasteiger partial charge < -0.3 is 15.7 Å². The summed E-state index contributed by atoms with van der Waals surface area (Å²) in [6.45, 7) is 2.81. The molecule has 0 saturated carbocycles. The predicted molar refractivity (Wildman–Crippen MR) is 101 cm³/mol. The molecule has 1 unspecified atom stereocenters. The van der Waals surface area contributed by atoms with Crippen LogP contribution in [0.1, 0.15) is 24.1 Å². The smallest absolute Gasteiger partial charge is 0.300 e. The van der Waals surface area contributed by atoms with Crippen molar-refractivity contribution in [2.24, 2.45) is 4.99 Å². The van der Waals surface area contributed by atoms with Crippen LogP contribution in [0.4, 0.5) is 0 Å². The second kappa shape index (κ2) is 9.69. The normalized spacial score (nSPS) is 13.8. The highest BCUT2D eigenvalue weighted by atomic mass is 35.5. The summed E-state index contributed by atoms with van der Waals surface area (Å²) in [5, 5.41) is 14.9. The SMILES string of the molecule is CC(=O)O.Clc1cccc(C(Cc2ccccc2)NC2=NCCN2)c1. The Morgan fingerprint density at radius 2 is 2.00 bits per heavy atom. The first kappa shape index (κ1) is 18.8. The van der Waals surface area contributed by atoms with Crippen LogP contribution < -0.4 is 10.6 Å². The molecule has 5 nitrogen and oxygen atoms in total. The molecule has 132 valence electrons. The third-order valence-electron chi connectivity index (χ3n) is 3.52. The van der Waals surface area contributed by atoms with Crippen LogP contribution in [0, 0.1) is 0 Å². The van der Waals surface area contributed by atoms with Gasteiger partial charge in [-0.3, -0.25) is 9.79 Å². The molecule has 0 amide bonds. The van der Waals surface area contributed by atoms with Crippen molar-refractivity contribution < 1.29 is 9.90 Å². The maximum atomic E-state index is 9.00. The van der Waals surface area contributed by atoms with Crippen molar-refractivity contribution in [3.05, 3.63) is 70.7 Å². The van der Waals surface area contributed by atoms with Crippen LogP contribution in [0.25, 0.3) is 0 Å². The van der Waals surface area contributed by atoms with Gasteiger partial charge in [0.2, 0.25) is 0 Å². The zero-order chi connectivity index (χ0) is 18.1. The number of carbonyl (C=O) groups is 1. The zero-order valence-electron chi connectivity index (χ0n) is 14.1. The number of carboxylic acids is 1. The summed E-state index contributed by atoms with van der Waals surface area (Å²) in [4.78, 5) is 13.4. The summed E-state index contributed by atoms with van der Waals surface area (Å²) < 4.78 is 0. The molecule has 3 rings (SSSR count). The van der Waals surface area contributed by atoms with E-state index in [-0.39, 0.29) is 6.04 Å². The number of carboxylic acid groups (broad SMARTS) is 1. The molecule has 3 N–H and O–H groups in total. The van der Waals surface area contributed by atoms with Crippen molar-refractivity contribution in [2.45, 2.75) is 19.4 Å². The van der Waals surface area contributed by atoms with Crippen molar-refractivity contribution in [3.63, 3.8) is 0 Å². The molecular weight excluding hydrogens is 338 g/mol. The second-order valence-corrected chi connectivity index (χ2v) is 6.05.